The van der Waals surface area contributed by atoms with Crippen LogP contribution in [0.25, 0.3) is 0 Å². The lowest BCUT2D eigenvalue weighted by Gasteiger charge is -2.16. The largest absolute Gasteiger partial charge is 0.467 e. The van der Waals surface area contributed by atoms with E-state index in [1.54, 1.807) is 36.4 Å². The summed E-state index contributed by atoms with van der Waals surface area (Å²) in [6.45, 7) is -0.313. The standard InChI is InChI=1S/C18H16FN3O3/c19-12-4-1-5-13(10-12)21-17-14(6-2-8-20-17)18(24)22-15(11-23)16-7-3-9-25-16/h1-10,15,23H,11H2,(H,20,21)(H,22,24). The Morgan fingerprint density at radius 2 is 2.12 bits per heavy atom. The van der Waals surface area contributed by atoms with E-state index in [0.29, 0.717) is 11.4 Å². The van der Waals surface area contributed by atoms with Crippen molar-refractivity contribution in [3.63, 3.8) is 0 Å². The van der Waals surface area contributed by atoms with Gasteiger partial charge >= 0.3 is 0 Å². The average Bonchev–Trinajstić information content (AvgIpc) is 3.14. The van der Waals surface area contributed by atoms with Gasteiger partial charge in [-0.05, 0) is 42.5 Å². The first kappa shape index (κ1) is 16.7. The van der Waals surface area contributed by atoms with Crippen molar-refractivity contribution in [3.05, 3.63) is 78.1 Å². The average molecular weight is 341 g/mol. The summed E-state index contributed by atoms with van der Waals surface area (Å²) in [5, 5.41) is 15.1. The van der Waals surface area contributed by atoms with E-state index in [1.165, 1.54) is 24.6 Å². The number of carbonyl (C=O) groups is 1. The van der Waals surface area contributed by atoms with Gasteiger partial charge in [0.25, 0.3) is 5.91 Å². The van der Waals surface area contributed by atoms with Crippen LogP contribution < -0.4 is 10.6 Å². The minimum Gasteiger partial charge on any atom is -0.467 e. The molecule has 0 bridgehead atoms. The molecule has 0 aliphatic rings. The highest BCUT2D eigenvalue weighted by atomic mass is 19.1. The zero-order valence-corrected chi connectivity index (χ0v) is 13.1. The van der Waals surface area contributed by atoms with Gasteiger partial charge in [-0.25, -0.2) is 9.37 Å². The van der Waals surface area contributed by atoms with Crippen LogP contribution in [0.15, 0.2) is 65.4 Å². The van der Waals surface area contributed by atoms with Gasteiger partial charge in [0, 0.05) is 11.9 Å². The number of aliphatic hydroxyl groups excluding tert-OH is 1. The summed E-state index contributed by atoms with van der Waals surface area (Å²) in [5.74, 6) is -0.117. The van der Waals surface area contributed by atoms with Crippen LogP contribution in [0.4, 0.5) is 15.9 Å². The van der Waals surface area contributed by atoms with Crippen molar-refractivity contribution < 1.29 is 18.7 Å². The van der Waals surface area contributed by atoms with Gasteiger partial charge in [-0.1, -0.05) is 6.07 Å². The lowest BCUT2D eigenvalue weighted by molar-refractivity contribution is 0.0908. The van der Waals surface area contributed by atoms with Crippen LogP contribution in [-0.4, -0.2) is 22.6 Å². The predicted octanol–water partition coefficient (Wildman–Crippen LogP) is 3.02. The second-order valence-electron chi connectivity index (χ2n) is 5.26. The highest BCUT2D eigenvalue weighted by Gasteiger charge is 2.19. The van der Waals surface area contributed by atoms with E-state index in [0.717, 1.165) is 0 Å². The molecule has 0 aliphatic carbocycles. The molecule has 0 radical (unpaired) electrons. The number of hydrogen-bond acceptors (Lipinski definition) is 5. The van der Waals surface area contributed by atoms with Crippen molar-refractivity contribution in [1.29, 1.82) is 0 Å². The molecule has 0 fully saturated rings. The summed E-state index contributed by atoms with van der Waals surface area (Å²) >= 11 is 0. The number of amides is 1. The molecule has 1 unspecified atom stereocenters. The molecule has 128 valence electrons. The third-order valence-electron chi connectivity index (χ3n) is 3.51. The highest BCUT2D eigenvalue weighted by Crippen LogP contribution is 2.20. The Balaban J connectivity index is 1.81. The molecule has 1 aromatic carbocycles. The number of aromatic nitrogens is 1. The third-order valence-corrected chi connectivity index (χ3v) is 3.51. The van der Waals surface area contributed by atoms with Crippen molar-refractivity contribution in [3.8, 4) is 0 Å². The summed E-state index contributed by atoms with van der Waals surface area (Å²) in [7, 11) is 0. The minimum absolute atomic E-state index is 0.261. The zero-order valence-electron chi connectivity index (χ0n) is 13.1. The van der Waals surface area contributed by atoms with Gasteiger partial charge in [-0.2, -0.15) is 0 Å². The van der Waals surface area contributed by atoms with E-state index in [2.05, 4.69) is 15.6 Å². The molecule has 3 aromatic rings. The van der Waals surface area contributed by atoms with Crippen molar-refractivity contribution >= 4 is 17.4 Å². The molecule has 25 heavy (non-hydrogen) atoms. The monoisotopic (exact) mass is 341 g/mol. The molecule has 2 aromatic heterocycles. The van der Waals surface area contributed by atoms with Crippen LogP contribution in [0.1, 0.15) is 22.2 Å². The zero-order chi connectivity index (χ0) is 17.6. The minimum atomic E-state index is -0.676. The lowest BCUT2D eigenvalue weighted by Crippen LogP contribution is -2.31. The fourth-order valence-electron chi connectivity index (χ4n) is 2.32. The molecule has 6 nitrogen and oxygen atoms in total. The number of nitrogens with zero attached hydrogens (tertiary/aromatic N) is 1. The van der Waals surface area contributed by atoms with E-state index in [4.69, 9.17) is 4.42 Å². The van der Waals surface area contributed by atoms with Crippen LogP contribution in [0.5, 0.6) is 0 Å². The second kappa shape index (κ2) is 7.59. The molecule has 3 N–H and O–H groups in total. The number of pyridine rings is 1. The lowest BCUT2D eigenvalue weighted by atomic mass is 10.2. The van der Waals surface area contributed by atoms with Crippen LogP contribution in [-0.2, 0) is 0 Å². The smallest absolute Gasteiger partial charge is 0.255 e. The van der Waals surface area contributed by atoms with Crippen molar-refractivity contribution in [2.75, 3.05) is 11.9 Å². The molecule has 0 aliphatic heterocycles. The highest BCUT2D eigenvalue weighted by molar-refractivity contribution is 5.99. The first-order chi connectivity index (χ1) is 12.2. The number of rotatable bonds is 6. The van der Waals surface area contributed by atoms with Crippen molar-refractivity contribution in [2.24, 2.45) is 0 Å². The normalized spacial score (nSPS) is 11.8. The van der Waals surface area contributed by atoms with E-state index < -0.39 is 17.8 Å². The second-order valence-corrected chi connectivity index (χ2v) is 5.26. The molecular formula is C18H16FN3O3. The number of anilines is 2. The predicted molar refractivity (Wildman–Crippen MR) is 89.9 cm³/mol. The number of hydrogen-bond donors (Lipinski definition) is 3. The SMILES string of the molecule is O=C(NC(CO)c1ccco1)c1cccnc1Nc1cccc(F)c1. The molecule has 3 rings (SSSR count). The Hall–Kier alpha value is -3.19. The van der Waals surface area contributed by atoms with Gasteiger partial charge < -0.3 is 20.2 Å². The summed E-state index contributed by atoms with van der Waals surface area (Å²) in [6.07, 6.45) is 2.99. The topological polar surface area (TPSA) is 87.4 Å². The molecule has 2 heterocycles. The van der Waals surface area contributed by atoms with E-state index >= 15 is 0 Å². The summed E-state index contributed by atoms with van der Waals surface area (Å²) in [4.78, 5) is 16.7. The van der Waals surface area contributed by atoms with Gasteiger partial charge in [0.2, 0.25) is 0 Å². The Morgan fingerprint density at radius 3 is 2.84 bits per heavy atom. The number of halogens is 1. The van der Waals surface area contributed by atoms with E-state index in [9.17, 15) is 14.3 Å². The van der Waals surface area contributed by atoms with E-state index in [1.807, 2.05) is 0 Å². The van der Waals surface area contributed by atoms with Crippen molar-refractivity contribution in [2.45, 2.75) is 6.04 Å². The Bertz CT molecular complexity index is 852. The van der Waals surface area contributed by atoms with Gasteiger partial charge in [-0.3, -0.25) is 4.79 Å². The molecule has 1 atom stereocenters. The van der Waals surface area contributed by atoms with E-state index in [-0.39, 0.29) is 18.0 Å². The quantitative estimate of drug-likeness (QED) is 0.641. The number of carbonyl (C=O) groups excluding carboxylic acids is 1. The number of furan rings is 1. The Labute approximate surface area is 143 Å². The van der Waals surface area contributed by atoms with Crippen LogP contribution in [0.2, 0.25) is 0 Å². The van der Waals surface area contributed by atoms with Gasteiger partial charge in [-0.15, -0.1) is 0 Å². The summed E-state index contributed by atoms with van der Waals surface area (Å²) in [5.41, 5.74) is 0.731. The van der Waals surface area contributed by atoms with Crippen LogP contribution in [0.3, 0.4) is 0 Å². The van der Waals surface area contributed by atoms with Crippen molar-refractivity contribution in [1.82, 2.24) is 10.3 Å². The molecule has 0 spiro atoms. The van der Waals surface area contributed by atoms with Gasteiger partial charge in [0.05, 0.1) is 18.4 Å². The van der Waals surface area contributed by atoms with Gasteiger partial charge in [0.15, 0.2) is 0 Å². The third kappa shape index (κ3) is 4.02. The molecule has 7 heteroatoms. The molecular weight excluding hydrogens is 325 g/mol. The number of nitrogens with one attached hydrogen (secondary N) is 2. The fourth-order valence-corrected chi connectivity index (χ4v) is 2.32. The van der Waals surface area contributed by atoms with Crippen LogP contribution in [0, 0.1) is 5.82 Å². The van der Waals surface area contributed by atoms with Gasteiger partial charge in [0.1, 0.15) is 23.4 Å². The maximum absolute atomic E-state index is 13.3. The van der Waals surface area contributed by atoms with Crippen LogP contribution >= 0.6 is 0 Å². The summed E-state index contributed by atoms with van der Waals surface area (Å²) < 4.78 is 18.5. The number of aliphatic hydroxyl groups is 1. The molecule has 1 amide bonds. The maximum Gasteiger partial charge on any atom is 0.255 e. The molecule has 0 saturated heterocycles. The Kier molecular flexibility index (Phi) is 5.06. The maximum atomic E-state index is 13.3. The first-order valence-corrected chi connectivity index (χ1v) is 7.60. The number of benzene rings is 1. The fraction of sp³-hybridized carbons (Fsp3) is 0.111. The first-order valence-electron chi connectivity index (χ1n) is 7.60. The summed E-state index contributed by atoms with van der Waals surface area (Å²) in [6, 6.07) is 11.7. The Morgan fingerprint density at radius 1 is 1.24 bits per heavy atom. The molecule has 0 saturated carbocycles.